The second kappa shape index (κ2) is 9.91. The lowest BCUT2D eigenvalue weighted by molar-refractivity contribution is 0.189. The minimum absolute atomic E-state index is 0.449. The van der Waals surface area contributed by atoms with Gasteiger partial charge in [0.25, 0.3) is 0 Å². The number of thiazole rings is 1. The number of thioether (sulfide) groups is 1. The van der Waals surface area contributed by atoms with Crippen LogP contribution in [0.15, 0.2) is 41.1 Å². The topological polar surface area (TPSA) is 62.1 Å². The Balaban J connectivity index is 1.48. The predicted octanol–water partition coefficient (Wildman–Crippen LogP) is 4.30. The first kappa shape index (κ1) is 19.2. The highest BCUT2D eigenvalue weighted by atomic mass is 35.5. The molecule has 1 aromatic carbocycles. The molecule has 9 heteroatoms. The van der Waals surface area contributed by atoms with Crippen molar-refractivity contribution in [3.8, 4) is 5.75 Å². The van der Waals surface area contributed by atoms with Crippen molar-refractivity contribution < 1.29 is 9.47 Å². The Labute approximate surface area is 165 Å². The van der Waals surface area contributed by atoms with Gasteiger partial charge in [0.2, 0.25) is 0 Å². The van der Waals surface area contributed by atoms with Crippen molar-refractivity contribution >= 4 is 34.7 Å². The summed E-state index contributed by atoms with van der Waals surface area (Å²) >= 11 is 9.10. The van der Waals surface area contributed by atoms with E-state index in [1.54, 1.807) is 36.5 Å². The van der Waals surface area contributed by atoms with Crippen LogP contribution in [0.2, 0.25) is 5.02 Å². The average molecular weight is 411 g/mol. The number of halogens is 1. The average Bonchev–Trinajstić information content (AvgIpc) is 3.29. The number of aromatic nitrogens is 4. The fourth-order valence-corrected chi connectivity index (χ4v) is 3.96. The summed E-state index contributed by atoms with van der Waals surface area (Å²) < 4.78 is 12.9. The van der Waals surface area contributed by atoms with Crippen LogP contribution < -0.4 is 4.74 Å². The molecule has 0 saturated carbocycles. The van der Waals surface area contributed by atoms with Crippen LogP contribution in [0.4, 0.5) is 0 Å². The number of aryl methyl sites for hydroxylation is 1. The first-order chi connectivity index (χ1) is 12.7. The molecule has 0 radical (unpaired) electrons. The number of rotatable bonds is 10. The lowest BCUT2D eigenvalue weighted by Gasteiger charge is -2.05. The molecule has 0 N–H and O–H groups in total. The van der Waals surface area contributed by atoms with Crippen LogP contribution in [-0.2, 0) is 23.6 Å². The summed E-state index contributed by atoms with van der Waals surface area (Å²) in [5.74, 6) is 1.53. The molecule has 2 heterocycles. The van der Waals surface area contributed by atoms with Crippen LogP contribution in [0.5, 0.6) is 5.75 Å². The van der Waals surface area contributed by atoms with Gasteiger partial charge in [-0.15, -0.1) is 21.5 Å². The van der Waals surface area contributed by atoms with Crippen molar-refractivity contribution in [3.63, 3.8) is 0 Å². The van der Waals surface area contributed by atoms with E-state index in [4.69, 9.17) is 21.1 Å². The molecular weight excluding hydrogens is 392 g/mol. The molecule has 26 heavy (non-hydrogen) atoms. The minimum Gasteiger partial charge on any atom is -0.486 e. The first-order valence-corrected chi connectivity index (χ1v) is 10.3. The standard InChI is InChI=1S/C17H19ClN4O2S2/c1-23-8-2-7-22-12-19-21-17(22)26-11-14-10-25-16(20-14)9-24-15-5-3-13(18)4-6-15/h3-6,10,12H,2,7-9,11H2,1H3. The zero-order valence-corrected chi connectivity index (χ0v) is 16.7. The maximum absolute atomic E-state index is 5.87. The van der Waals surface area contributed by atoms with Gasteiger partial charge in [-0.05, 0) is 30.7 Å². The summed E-state index contributed by atoms with van der Waals surface area (Å²) in [6.07, 6.45) is 2.69. The SMILES string of the molecule is COCCCn1cnnc1SCc1csc(COc2ccc(Cl)cc2)n1. The van der Waals surface area contributed by atoms with Gasteiger partial charge in [-0.1, -0.05) is 23.4 Å². The second-order valence-corrected chi connectivity index (χ2v) is 7.74. The highest BCUT2D eigenvalue weighted by Gasteiger charge is 2.08. The molecular formula is C17H19ClN4O2S2. The van der Waals surface area contributed by atoms with E-state index in [2.05, 4.69) is 20.6 Å². The third kappa shape index (κ3) is 5.70. The predicted molar refractivity (Wildman–Crippen MR) is 104 cm³/mol. The Morgan fingerprint density at radius 2 is 2.12 bits per heavy atom. The van der Waals surface area contributed by atoms with Gasteiger partial charge in [0.05, 0.1) is 5.69 Å². The molecule has 0 aliphatic heterocycles. The van der Waals surface area contributed by atoms with Crippen molar-refractivity contribution in [2.75, 3.05) is 13.7 Å². The number of nitrogens with zero attached hydrogens (tertiary/aromatic N) is 4. The summed E-state index contributed by atoms with van der Waals surface area (Å²) in [4.78, 5) is 4.62. The Bertz CT molecular complexity index is 807. The number of hydrogen-bond donors (Lipinski definition) is 0. The monoisotopic (exact) mass is 410 g/mol. The van der Waals surface area contributed by atoms with E-state index in [-0.39, 0.29) is 0 Å². The van der Waals surface area contributed by atoms with Crippen LogP contribution in [0.3, 0.4) is 0 Å². The zero-order valence-electron chi connectivity index (χ0n) is 14.3. The van der Waals surface area contributed by atoms with Crippen LogP contribution in [0, 0.1) is 0 Å². The second-order valence-electron chi connectivity index (χ2n) is 5.42. The highest BCUT2D eigenvalue weighted by Crippen LogP contribution is 2.23. The Hall–Kier alpha value is -1.61. The van der Waals surface area contributed by atoms with Gasteiger partial charge in [-0.25, -0.2) is 4.98 Å². The van der Waals surface area contributed by atoms with Gasteiger partial charge in [0.1, 0.15) is 23.7 Å². The lowest BCUT2D eigenvalue weighted by atomic mass is 10.3. The van der Waals surface area contributed by atoms with Crippen LogP contribution in [0.1, 0.15) is 17.1 Å². The third-order valence-corrected chi connectivity index (χ3v) is 5.59. The van der Waals surface area contributed by atoms with E-state index in [0.717, 1.165) is 46.9 Å². The van der Waals surface area contributed by atoms with Crippen molar-refractivity contribution in [1.29, 1.82) is 0 Å². The maximum atomic E-state index is 5.87. The van der Waals surface area contributed by atoms with Crippen molar-refractivity contribution in [3.05, 3.63) is 51.7 Å². The Morgan fingerprint density at radius 1 is 1.27 bits per heavy atom. The number of methoxy groups -OCH3 is 1. The lowest BCUT2D eigenvalue weighted by Crippen LogP contribution is -2.02. The molecule has 6 nitrogen and oxygen atoms in total. The van der Waals surface area contributed by atoms with E-state index in [1.165, 1.54) is 0 Å². The smallest absolute Gasteiger partial charge is 0.191 e. The molecule has 0 spiro atoms. The van der Waals surface area contributed by atoms with Crippen molar-refractivity contribution in [2.24, 2.45) is 0 Å². The van der Waals surface area contributed by atoms with Gasteiger partial charge in [-0.3, -0.25) is 0 Å². The quantitative estimate of drug-likeness (QED) is 0.367. The highest BCUT2D eigenvalue weighted by molar-refractivity contribution is 7.98. The van der Waals surface area contributed by atoms with E-state index in [1.807, 2.05) is 28.8 Å². The summed E-state index contributed by atoms with van der Waals surface area (Å²) in [6, 6.07) is 7.32. The van der Waals surface area contributed by atoms with Crippen LogP contribution >= 0.6 is 34.7 Å². The van der Waals surface area contributed by atoms with Crippen LogP contribution in [-0.4, -0.2) is 33.5 Å². The molecule has 0 amide bonds. The van der Waals surface area contributed by atoms with Gasteiger partial charge in [-0.2, -0.15) is 0 Å². The van der Waals surface area contributed by atoms with Gasteiger partial charge < -0.3 is 14.0 Å². The number of ether oxygens (including phenoxy) is 2. The summed E-state index contributed by atoms with van der Waals surface area (Å²) in [7, 11) is 1.71. The summed E-state index contributed by atoms with van der Waals surface area (Å²) in [6.45, 7) is 2.02. The molecule has 0 aliphatic carbocycles. The number of hydrogen-bond acceptors (Lipinski definition) is 7. The van der Waals surface area contributed by atoms with E-state index >= 15 is 0 Å². The number of benzene rings is 1. The van der Waals surface area contributed by atoms with Gasteiger partial charge >= 0.3 is 0 Å². The zero-order chi connectivity index (χ0) is 18.2. The molecule has 0 atom stereocenters. The maximum Gasteiger partial charge on any atom is 0.191 e. The molecule has 0 aliphatic rings. The Kier molecular flexibility index (Phi) is 7.31. The third-order valence-electron chi connectivity index (χ3n) is 3.45. The van der Waals surface area contributed by atoms with E-state index in [0.29, 0.717) is 11.6 Å². The normalized spacial score (nSPS) is 11.0. The fraction of sp³-hybridized carbons (Fsp3) is 0.353. The van der Waals surface area contributed by atoms with Crippen molar-refractivity contribution in [1.82, 2.24) is 19.7 Å². The van der Waals surface area contributed by atoms with E-state index in [9.17, 15) is 0 Å². The van der Waals surface area contributed by atoms with Crippen molar-refractivity contribution in [2.45, 2.75) is 30.5 Å². The molecule has 3 rings (SSSR count). The molecule has 0 bridgehead atoms. The molecule has 3 aromatic rings. The molecule has 0 saturated heterocycles. The minimum atomic E-state index is 0.449. The summed E-state index contributed by atoms with van der Waals surface area (Å²) in [5.41, 5.74) is 1.01. The molecule has 0 fully saturated rings. The fourth-order valence-electron chi connectivity index (χ4n) is 2.18. The summed E-state index contributed by atoms with van der Waals surface area (Å²) in [5, 5.41) is 12.8. The molecule has 0 unspecified atom stereocenters. The largest absolute Gasteiger partial charge is 0.486 e. The van der Waals surface area contributed by atoms with Gasteiger partial charge in [0.15, 0.2) is 5.16 Å². The molecule has 2 aromatic heterocycles. The molecule has 138 valence electrons. The van der Waals surface area contributed by atoms with Crippen LogP contribution in [0.25, 0.3) is 0 Å². The Morgan fingerprint density at radius 3 is 2.92 bits per heavy atom. The van der Waals surface area contributed by atoms with E-state index < -0.39 is 0 Å². The van der Waals surface area contributed by atoms with Gasteiger partial charge in [0, 0.05) is 36.4 Å². The first-order valence-electron chi connectivity index (χ1n) is 8.06.